The molecule has 0 radical (unpaired) electrons. The molecule has 2 heterocycles. The lowest BCUT2D eigenvalue weighted by Crippen LogP contribution is -2.37. The second-order valence-electron chi connectivity index (χ2n) is 6.27. The van der Waals surface area contributed by atoms with E-state index in [0.29, 0.717) is 0 Å². The SMILES string of the molecule is CC(Sc1ccccc1Cl)C(=O)N1CC[C@@H]2CNC[C@@H]2CC1.Cl. The van der Waals surface area contributed by atoms with Crippen molar-refractivity contribution in [2.75, 3.05) is 26.2 Å². The predicted octanol–water partition coefficient (Wildman–Crippen LogP) is 3.70. The second kappa shape index (κ2) is 8.61. The van der Waals surface area contributed by atoms with E-state index in [1.54, 1.807) is 11.8 Å². The van der Waals surface area contributed by atoms with Gasteiger partial charge in [0, 0.05) is 18.0 Å². The van der Waals surface area contributed by atoms with Crippen LogP contribution in [0.2, 0.25) is 5.02 Å². The fourth-order valence-electron chi connectivity index (χ4n) is 3.48. The Morgan fingerprint density at radius 3 is 2.48 bits per heavy atom. The molecule has 3 atom stereocenters. The molecule has 1 unspecified atom stereocenters. The average molecular weight is 375 g/mol. The van der Waals surface area contributed by atoms with E-state index >= 15 is 0 Å². The maximum absolute atomic E-state index is 12.7. The summed E-state index contributed by atoms with van der Waals surface area (Å²) < 4.78 is 0. The van der Waals surface area contributed by atoms with Gasteiger partial charge in [-0.3, -0.25) is 4.79 Å². The van der Waals surface area contributed by atoms with Crippen molar-refractivity contribution >= 4 is 41.7 Å². The van der Waals surface area contributed by atoms with Gasteiger partial charge in [-0.25, -0.2) is 0 Å². The van der Waals surface area contributed by atoms with Crippen molar-refractivity contribution in [2.24, 2.45) is 11.8 Å². The van der Waals surface area contributed by atoms with Gasteiger partial charge in [0.2, 0.25) is 5.91 Å². The summed E-state index contributed by atoms with van der Waals surface area (Å²) in [5.74, 6) is 1.76. The molecular weight excluding hydrogens is 351 g/mol. The van der Waals surface area contributed by atoms with Gasteiger partial charge in [-0.05, 0) is 56.8 Å². The van der Waals surface area contributed by atoms with E-state index in [1.807, 2.05) is 31.2 Å². The molecule has 3 rings (SSSR count). The van der Waals surface area contributed by atoms with E-state index < -0.39 is 0 Å². The van der Waals surface area contributed by atoms with E-state index in [0.717, 1.165) is 60.8 Å². The van der Waals surface area contributed by atoms with Gasteiger partial charge in [0.05, 0.1) is 10.3 Å². The summed E-state index contributed by atoms with van der Waals surface area (Å²) in [6.07, 6.45) is 2.26. The van der Waals surface area contributed by atoms with Crippen LogP contribution in [0.3, 0.4) is 0 Å². The van der Waals surface area contributed by atoms with Crippen molar-refractivity contribution in [1.29, 1.82) is 0 Å². The fourth-order valence-corrected chi connectivity index (χ4v) is 4.71. The van der Waals surface area contributed by atoms with Crippen molar-refractivity contribution < 1.29 is 4.79 Å². The summed E-state index contributed by atoms with van der Waals surface area (Å²) in [7, 11) is 0. The number of hydrogen-bond donors (Lipinski definition) is 1. The lowest BCUT2D eigenvalue weighted by atomic mass is 9.92. The number of carbonyl (C=O) groups is 1. The lowest BCUT2D eigenvalue weighted by molar-refractivity contribution is -0.130. The Kier molecular flexibility index (Phi) is 7.08. The number of nitrogens with one attached hydrogen (secondary N) is 1. The van der Waals surface area contributed by atoms with Crippen LogP contribution in [0.5, 0.6) is 0 Å². The van der Waals surface area contributed by atoms with Gasteiger partial charge in [0.15, 0.2) is 0 Å². The van der Waals surface area contributed by atoms with Crippen molar-refractivity contribution in [1.82, 2.24) is 10.2 Å². The third kappa shape index (κ3) is 4.56. The predicted molar refractivity (Wildman–Crippen MR) is 99.7 cm³/mol. The van der Waals surface area contributed by atoms with Gasteiger partial charge in [-0.1, -0.05) is 23.7 Å². The van der Waals surface area contributed by atoms with E-state index in [9.17, 15) is 4.79 Å². The Morgan fingerprint density at radius 2 is 1.87 bits per heavy atom. The average Bonchev–Trinajstić information content (AvgIpc) is 2.87. The largest absolute Gasteiger partial charge is 0.342 e. The smallest absolute Gasteiger partial charge is 0.235 e. The fraction of sp³-hybridized carbons (Fsp3) is 0.588. The number of rotatable bonds is 3. The Morgan fingerprint density at radius 1 is 1.26 bits per heavy atom. The summed E-state index contributed by atoms with van der Waals surface area (Å²) >= 11 is 7.76. The van der Waals surface area contributed by atoms with Crippen molar-refractivity contribution in [3.63, 3.8) is 0 Å². The number of thioether (sulfide) groups is 1. The van der Waals surface area contributed by atoms with Crippen LogP contribution in [-0.2, 0) is 4.79 Å². The zero-order chi connectivity index (χ0) is 15.5. The van der Waals surface area contributed by atoms with Gasteiger partial charge in [-0.2, -0.15) is 0 Å². The monoisotopic (exact) mass is 374 g/mol. The van der Waals surface area contributed by atoms with E-state index in [-0.39, 0.29) is 23.6 Å². The molecule has 23 heavy (non-hydrogen) atoms. The number of carbonyl (C=O) groups excluding carboxylic acids is 1. The molecule has 1 aromatic rings. The highest BCUT2D eigenvalue weighted by molar-refractivity contribution is 8.00. The maximum Gasteiger partial charge on any atom is 0.235 e. The minimum atomic E-state index is -0.0871. The number of amides is 1. The summed E-state index contributed by atoms with van der Waals surface area (Å²) in [6, 6.07) is 7.74. The first-order valence-electron chi connectivity index (χ1n) is 8.06. The number of nitrogens with zero attached hydrogens (tertiary/aromatic N) is 1. The zero-order valence-corrected chi connectivity index (χ0v) is 15.7. The molecule has 0 spiro atoms. The summed E-state index contributed by atoms with van der Waals surface area (Å²) in [5, 5.41) is 4.11. The maximum atomic E-state index is 12.7. The van der Waals surface area contributed by atoms with Gasteiger partial charge in [-0.15, -0.1) is 24.2 Å². The highest BCUT2D eigenvalue weighted by atomic mass is 35.5. The third-order valence-corrected chi connectivity index (χ3v) is 6.43. The number of likely N-dealkylation sites (tertiary alicyclic amines) is 1. The van der Waals surface area contributed by atoms with Crippen LogP contribution in [0.1, 0.15) is 19.8 Å². The summed E-state index contributed by atoms with van der Waals surface area (Å²) in [5.41, 5.74) is 0. The molecule has 1 N–H and O–H groups in total. The molecule has 3 nitrogen and oxygen atoms in total. The molecule has 0 saturated carbocycles. The Hall–Kier alpha value is -0.420. The van der Waals surface area contributed by atoms with E-state index in [2.05, 4.69) is 10.2 Å². The van der Waals surface area contributed by atoms with Crippen LogP contribution in [0, 0.1) is 11.8 Å². The molecule has 0 aromatic heterocycles. The van der Waals surface area contributed by atoms with Crippen LogP contribution in [0.4, 0.5) is 0 Å². The Labute approximate surface area is 153 Å². The molecule has 2 fully saturated rings. The molecule has 6 heteroatoms. The highest BCUT2D eigenvalue weighted by Gasteiger charge is 2.32. The molecule has 128 valence electrons. The second-order valence-corrected chi connectivity index (χ2v) is 8.06. The molecule has 2 saturated heterocycles. The molecule has 1 aromatic carbocycles. The van der Waals surface area contributed by atoms with Crippen molar-refractivity contribution in [3.8, 4) is 0 Å². The minimum absolute atomic E-state index is 0. The standard InChI is InChI=1S/C17H23ClN2OS.ClH/c1-12(22-16-5-3-2-4-15(16)18)17(21)20-8-6-13-10-19-11-14(13)7-9-20;/h2-5,12-14,19H,6-11H2,1H3;1H/t12?,13-,14+;. The van der Waals surface area contributed by atoms with Crippen LogP contribution in [0.15, 0.2) is 29.2 Å². The van der Waals surface area contributed by atoms with Crippen LogP contribution >= 0.6 is 35.8 Å². The first kappa shape index (κ1) is 18.9. The van der Waals surface area contributed by atoms with Crippen LogP contribution in [0.25, 0.3) is 0 Å². The zero-order valence-electron chi connectivity index (χ0n) is 13.3. The third-order valence-electron chi connectivity index (χ3n) is 4.82. The van der Waals surface area contributed by atoms with Crippen molar-refractivity contribution in [3.05, 3.63) is 29.3 Å². The quantitative estimate of drug-likeness (QED) is 0.818. The number of hydrogen-bond acceptors (Lipinski definition) is 3. The van der Waals surface area contributed by atoms with Gasteiger partial charge >= 0.3 is 0 Å². The minimum Gasteiger partial charge on any atom is -0.342 e. The van der Waals surface area contributed by atoms with E-state index in [4.69, 9.17) is 11.6 Å². The molecule has 2 aliphatic heterocycles. The van der Waals surface area contributed by atoms with Crippen LogP contribution in [-0.4, -0.2) is 42.2 Å². The topological polar surface area (TPSA) is 32.3 Å². The molecule has 2 aliphatic rings. The number of halogens is 2. The first-order valence-corrected chi connectivity index (χ1v) is 9.31. The van der Waals surface area contributed by atoms with Gasteiger partial charge in [0.25, 0.3) is 0 Å². The lowest BCUT2D eigenvalue weighted by Gasteiger charge is -2.24. The Bertz CT molecular complexity index is 529. The van der Waals surface area contributed by atoms with E-state index in [1.165, 1.54) is 0 Å². The highest BCUT2D eigenvalue weighted by Crippen LogP contribution is 2.32. The normalized spacial score (nSPS) is 25.2. The van der Waals surface area contributed by atoms with Crippen molar-refractivity contribution in [2.45, 2.75) is 29.9 Å². The van der Waals surface area contributed by atoms with Gasteiger partial charge in [0.1, 0.15) is 0 Å². The Balaban J connectivity index is 0.00000192. The van der Waals surface area contributed by atoms with Crippen LogP contribution < -0.4 is 5.32 Å². The number of fused-ring (bicyclic) bond motifs is 1. The number of benzene rings is 1. The summed E-state index contributed by atoms with van der Waals surface area (Å²) in [4.78, 5) is 15.8. The molecule has 0 aliphatic carbocycles. The van der Waals surface area contributed by atoms with Gasteiger partial charge < -0.3 is 10.2 Å². The summed E-state index contributed by atoms with van der Waals surface area (Å²) in [6.45, 7) is 6.03. The molecular formula is C17H24Cl2N2OS. The molecule has 0 bridgehead atoms. The molecule has 1 amide bonds. The first-order chi connectivity index (χ1) is 10.6.